The molecule has 8 heteroatoms. The lowest BCUT2D eigenvalue weighted by Crippen LogP contribution is -2.31. The van der Waals surface area contributed by atoms with Crippen LogP contribution in [0.1, 0.15) is 17.5 Å². The van der Waals surface area contributed by atoms with Crippen LogP contribution in [0.4, 0.5) is 5.82 Å². The van der Waals surface area contributed by atoms with E-state index in [4.69, 9.17) is 5.73 Å². The summed E-state index contributed by atoms with van der Waals surface area (Å²) >= 11 is 0. The Morgan fingerprint density at radius 3 is 2.74 bits per heavy atom. The lowest BCUT2D eigenvalue weighted by atomic mass is 10.0. The number of nitrogen functional groups attached to an aromatic ring is 1. The van der Waals surface area contributed by atoms with Crippen molar-refractivity contribution in [1.82, 2.24) is 19.1 Å². The molecule has 1 saturated heterocycles. The van der Waals surface area contributed by atoms with Gasteiger partial charge in [-0.2, -0.15) is 9.40 Å². The molecule has 1 aliphatic rings. The number of aromatic nitrogens is 3. The highest BCUT2D eigenvalue weighted by Crippen LogP contribution is 2.27. The fraction of sp³-hybridized carbons (Fsp3) is 0.467. The van der Waals surface area contributed by atoms with E-state index in [1.807, 2.05) is 6.07 Å². The average molecular weight is 335 g/mol. The molecule has 7 nitrogen and oxygen atoms in total. The first-order chi connectivity index (χ1) is 10.9. The zero-order valence-corrected chi connectivity index (χ0v) is 14.1. The van der Waals surface area contributed by atoms with Gasteiger partial charge in [0, 0.05) is 31.9 Å². The molecule has 2 N–H and O–H groups in total. The Balaban J connectivity index is 1.73. The predicted octanol–water partition coefficient (Wildman–Crippen LogP) is 0.959. The van der Waals surface area contributed by atoms with Crippen LogP contribution >= 0.6 is 0 Å². The molecule has 2 aromatic heterocycles. The quantitative estimate of drug-likeness (QED) is 0.898. The smallest absolute Gasteiger partial charge is 0.260 e. The molecule has 0 aliphatic carbocycles. The monoisotopic (exact) mass is 335 g/mol. The molecule has 1 unspecified atom stereocenters. The van der Waals surface area contributed by atoms with Crippen LogP contribution in [0.5, 0.6) is 0 Å². The molecule has 0 radical (unpaired) electrons. The third-order valence-electron chi connectivity index (χ3n) is 4.26. The van der Waals surface area contributed by atoms with Gasteiger partial charge in [-0.3, -0.25) is 4.68 Å². The molecule has 1 atom stereocenters. The van der Waals surface area contributed by atoms with Crippen molar-refractivity contribution in [2.24, 2.45) is 13.0 Å². The van der Waals surface area contributed by atoms with Gasteiger partial charge in [0.1, 0.15) is 5.82 Å². The van der Waals surface area contributed by atoms with Crippen LogP contribution in [-0.2, 0) is 23.5 Å². The Kier molecular flexibility index (Phi) is 4.11. The van der Waals surface area contributed by atoms with Crippen molar-refractivity contribution in [2.75, 3.05) is 18.8 Å². The summed E-state index contributed by atoms with van der Waals surface area (Å²) in [6.07, 6.45) is 5.00. The number of nitrogens with two attached hydrogens (primary N) is 1. The zero-order valence-electron chi connectivity index (χ0n) is 13.3. The molecule has 1 fully saturated rings. The van der Waals surface area contributed by atoms with E-state index >= 15 is 0 Å². The van der Waals surface area contributed by atoms with Crippen molar-refractivity contribution in [1.29, 1.82) is 0 Å². The Hall–Kier alpha value is -1.93. The SMILES string of the molecule is Cc1cnn(C)c1S(=O)(=O)N1CCC(Cc2ccc(N)nc2)C1. The van der Waals surface area contributed by atoms with Gasteiger partial charge in [-0.1, -0.05) is 6.07 Å². The summed E-state index contributed by atoms with van der Waals surface area (Å²) in [5, 5.41) is 4.32. The summed E-state index contributed by atoms with van der Waals surface area (Å²) in [5.74, 6) is 0.791. The maximum atomic E-state index is 12.8. The summed E-state index contributed by atoms with van der Waals surface area (Å²) in [4.78, 5) is 4.09. The van der Waals surface area contributed by atoms with E-state index in [1.165, 1.54) is 4.68 Å². The lowest BCUT2D eigenvalue weighted by molar-refractivity contribution is 0.447. The largest absolute Gasteiger partial charge is 0.384 e. The van der Waals surface area contributed by atoms with Gasteiger partial charge in [-0.15, -0.1) is 0 Å². The molecule has 0 bridgehead atoms. The van der Waals surface area contributed by atoms with Gasteiger partial charge in [-0.05, 0) is 37.3 Å². The van der Waals surface area contributed by atoms with Crippen molar-refractivity contribution in [2.45, 2.75) is 24.8 Å². The van der Waals surface area contributed by atoms with E-state index in [0.717, 1.165) is 18.4 Å². The molecule has 124 valence electrons. The van der Waals surface area contributed by atoms with Crippen LogP contribution in [0.3, 0.4) is 0 Å². The fourth-order valence-electron chi connectivity index (χ4n) is 3.10. The second-order valence-electron chi connectivity index (χ2n) is 6.07. The number of anilines is 1. The molecule has 0 saturated carbocycles. The van der Waals surface area contributed by atoms with Crippen LogP contribution < -0.4 is 5.73 Å². The zero-order chi connectivity index (χ0) is 16.6. The molecule has 0 amide bonds. The van der Waals surface area contributed by atoms with Gasteiger partial charge in [0.25, 0.3) is 10.0 Å². The van der Waals surface area contributed by atoms with Crippen molar-refractivity contribution in [3.05, 3.63) is 35.7 Å². The van der Waals surface area contributed by atoms with Crippen LogP contribution in [0.2, 0.25) is 0 Å². The van der Waals surface area contributed by atoms with Gasteiger partial charge in [0.2, 0.25) is 0 Å². The van der Waals surface area contributed by atoms with Crippen LogP contribution in [0, 0.1) is 12.8 Å². The van der Waals surface area contributed by atoms with Crippen LogP contribution in [-0.4, -0.2) is 40.6 Å². The maximum absolute atomic E-state index is 12.8. The Labute approximate surface area is 136 Å². The number of rotatable bonds is 4. The molecule has 2 aromatic rings. The van der Waals surface area contributed by atoms with E-state index in [2.05, 4.69) is 10.1 Å². The summed E-state index contributed by atoms with van der Waals surface area (Å²) in [6.45, 7) is 2.84. The van der Waals surface area contributed by atoms with Gasteiger partial charge in [-0.25, -0.2) is 13.4 Å². The third-order valence-corrected chi connectivity index (χ3v) is 6.35. The van der Waals surface area contributed by atoms with E-state index in [1.54, 1.807) is 36.7 Å². The summed E-state index contributed by atoms with van der Waals surface area (Å²) in [5.41, 5.74) is 7.35. The average Bonchev–Trinajstić information content (AvgIpc) is 3.09. The van der Waals surface area contributed by atoms with Gasteiger partial charge < -0.3 is 5.73 Å². The molecule has 0 spiro atoms. The third kappa shape index (κ3) is 3.09. The van der Waals surface area contributed by atoms with E-state index < -0.39 is 10.0 Å². The Morgan fingerprint density at radius 1 is 1.35 bits per heavy atom. The highest BCUT2D eigenvalue weighted by Gasteiger charge is 2.35. The topological polar surface area (TPSA) is 94.1 Å². The number of pyridine rings is 1. The minimum atomic E-state index is -3.49. The number of sulfonamides is 1. The summed E-state index contributed by atoms with van der Waals surface area (Å²) in [6, 6.07) is 3.72. The predicted molar refractivity (Wildman–Crippen MR) is 87.2 cm³/mol. The highest BCUT2D eigenvalue weighted by atomic mass is 32.2. The normalized spacial score (nSPS) is 19.3. The highest BCUT2D eigenvalue weighted by molar-refractivity contribution is 7.89. The molecule has 1 aliphatic heterocycles. The summed E-state index contributed by atoms with van der Waals surface area (Å²) < 4.78 is 28.6. The minimum Gasteiger partial charge on any atom is -0.384 e. The first kappa shape index (κ1) is 15.9. The van der Waals surface area contributed by atoms with E-state index in [0.29, 0.717) is 30.4 Å². The Bertz CT molecular complexity index is 778. The molecule has 23 heavy (non-hydrogen) atoms. The summed E-state index contributed by atoms with van der Waals surface area (Å²) in [7, 11) is -1.83. The number of nitrogens with zero attached hydrogens (tertiary/aromatic N) is 4. The first-order valence-corrected chi connectivity index (χ1v) is 9.01. The lowest BCUT2D eigenvalue weighted by Gasteiger charge is -2.17. The molecular weight excluding hydrogens is 314 g/mol. The number of aryl methyl sites for hydroxylation is 2. The fourth-order valence-corrected chi connectivity index (χ4v) is 4.94. The number of hydrogen-bond donors (Lipinski definition) is 1. The maximum Gasteiger partial charge on any atom is 0.260 e. The van der Waals surface area contributed by atoms with Crippen molar-refractivity contribution in [3.63, 3.8) is 0 Å². The first-order valence-electron chi connectivity index (χ1n) is 7.57. The van der Waals surface area contributed by atoms with Crippen molar-refractivity contribution >= 4 is 15.8 Å². The van der Waals surface area contributed by atoms with Crippen LogP contribution in [0.25, 0.3) is 0 Å². The van der Waals surface area contributed by atoms with E-state index in [9.17, 15) is 8.42 Å². The molecule has 3 rings (SSSR count). The standard InChI is InChI=1S/C15H21N5O2S/c1-11-8-18-19(2)15(11)23(21,22)20-6-5-13(10-20)7-12-3-4-14(16)17-9-12/h3-4,8-9,13H,5-7,10H2,1-2H3,(H2,16,17). The number of hydrogen-bond acceptors (Lipinski definition) is 5. The van der Waals surface area contributed by atoms with Gasteiger partial charge >= 0.3 is 0 Å². The molecule has 3 heterocycles. The van der Waals surface area contributed by atoms with E-state index in [-0.39, 0.29) is 5.03 Å². The van der Waals surface area contributed by atoms with Crippen LogP contribution in [0.15, 0.2) is 29.6 Å². The van der Waals surface area contributed by atoms with Gasteiger partial charge in [0.05, 0.1) is 6.20 Å². The van der Waals surface area contributed by atoms with Gasteiger partial charge in [0.15, 0.2) is 5.03 Å². The minimum absolute atomic E-state index is 0.285. The second kappa shape index (κ2) is 5.93. The van der Waals surface area contributed by atoms with Crippen molar-refractivity contribution < 1.29 is 8.42 Å². The Morgan fingerprint density at radius 2 is 2.13 bits per heavy atom. The second-order valence-corrected chi connectivity index (χ2v) is 7.92. The van der Waals surface area contributed by atoms with Crippen molar-refractivity contribution in [3.8, 4) is 0 Å². The molecular formula is C15H21N5O2S. The molecule has 0 aromatic carbocycles.